The van der Waals surface area contributed by atoms with Gasteiger partial charge in [0.25, 0.3) is 0 Å². The summed E-state index contributed by atoms with van der Waals surface area (Å²) in [4.78, 5) is 14.8. The first-order chi connectivity index (χ1) is 7.66. The number of aliphatic hydroxyl groups excluding tert-OH is 1. The maximum absolute atomic E-state index is 12.0. The van der Waals surface area contributed by atoms with Crippen molar-refractivity contribution < 1.29 is 9.90 Å². The zero-order valence-electron chi connectivity index (χ0n) is 8.86. The largest absolute Gasteiger partial charge is 0.392 e. The molecule has 1 N–H and O–H groups in total. The fourth-order valence-electron chi connectivity index (χ4n) is 1.94. The molecule has 0 spiro atoms. The van der Waals surface area contributed by atoms with Gasteiger partial charge >= 0.3 is 0 Å². The third kappa shape index (κ3) is 2.91. The Labute approximate surface area is 107 Å². The van der Waals surface area contributed by atoms with Crippen LogP contribution < -0.4 is 0 Å². The summed E-state index contributed by atoms with van der Waals surface area (Å²) in [5, 5.41) is 11.4. The molecule has 16 heavy (non-hydrogen) atoms. The maximum Gasteiger partial charge on any atom is 0.187 e. The van der Waals surface area contributed by atoms with Crippen molar-refractivity contribution in [1.29, 1.82) is 0 Å². The third-order valence-corrected chi connectivity index (χ3v) is 4.60. The Morgan fingerprint density at radius 3 is 3.12 bits per heavy atom. The molecule has 1 fully saturated rings. The van der Waals surface area contributed by atoms with E-state index in [0.717, 1.165) is 28.7 Å². The van der Waals surface area contributed by atoms with E-state index in [2.05, 4.69) is 15.9 Å². The van der Waals surface area contributed by atoms with E-state index in [-0.39, 0.29) is 11.9 Å². The average Bonchev–Trinajstić information content (AvgIpc) is 2.64. The summed E-state index contributed by atoms with van der Waals surface area (Å²) < 4.78 is 0.875. The van der Waals surface area contributed by atoms with Crippen molar-refractivity contribution in [2.45, 2.75) is 18.9 Å². The van der Waals surface area contributed by atoms with Crippen molar-refractivity contribution in [2.24, 2.45) is 0 Å². The molecule has 2 rings (SSSR count). The van der Waals surface area contributed by atoms with Gasteiger partial charge in [0.2, 0.25) is 0 Å². The van der Waals surface area contributed by atoms with Crippen molar-refractivity contribution in [3.63, 3.8) is 0 Å². The van der Waals surface area contributed by atoms with Crippen LogP contribution in [0, 0.1) is 0 Å². The molecule has 0 amide bonds. The molecule has 1 atom stereocenters. The highest BCUT2D eigenvalue weighted by atomic mass is 79.9. The van der Waals surface area contributed by atoms with Gasteiger partial charge in [0.15, 0.2) is 5.78 Å². The molecule has 88 valence electrons. The number of hydrogen-bond donors (Lipinski definition) is 1. The van der Waals surface area contributed by atoms with Gasteiger partial charge in [-0.15, -0.1) is 11.3 Å². The van der Waals surface area contributed by atoms with Gasteiger partial charge in [-0.1, -0.05) is 0 Å². The molecule has 1 aromatic heterocycles. The van der Waals surface area contributed by atoms with Crippen molar-refractivity contribution in [2.75, 3.05) is 19.6 Å². The van der Waals surface area contributed by atoms with Gasteiger partial charge < -0.3 is 5.11 Å². The highest BCUT2D eigenvalue weighted by molar-refractivity contribution is 9.10. The molecule has 0 bridgehead atoms. The van der Waals surface area contributed by atoms with E-state index in [4.69, 9.17) is 0 Å². The van der Waals surface area contributed by atoms with Crippen LogP contribution in [0.2, 0.25) is 0 Å². The molecule has 1 aliphatic heterocycles. The van der Waals surface area contributed by atoms with Crippen molar-refractivity contribution in [3.05, 3.63) is 20.8 Å². The number of nitrogens with zero attached hydrogens (tertiary/aromatic N) is 1. The molecule has 1 saturated heterocycles. The number of β-amino-alcohol motifs (C(OH)–C–C–N with tert-alkyl or cyclic N) is 1. The van der Waals surface area contributed by atoms with Gasteiger partial charge in [-0.25, -0.2) is 0 Å². The number of hydrogen-bond acceptors (Lipinski definition) is 4. The molecular formula is C11H14BrNO2S. The van der Waals surface area contributed by atoms with Gasteiger partial charge in [0, 0.05) is 11.0 Å². The quantitative estimate of drug-likeness (QED) is 0.870. The van der Waals surface area contributed by atoms with Gasteiger partial charge in [-0.3, -0.25) is 9.69 Å². The number of rotatable bonds is 3. The molecular weight excluding hydrogens is 290 g/mol. The minimum absolute atomic E-state index is 0.135. The lowest BCUT2D eigenvalue weighted by molar-refractivity contribution is 0.0636. The third-order valence-electron chi connectivity index (χ3n) is 2.72. The number of aliphatic hydroxyl groups is 1. The van der Waals surface area contributed by atoms with E-state index in [1.54, 1.807) is 0 Å². The standard InChI is InChI=1S/C11H14BrNO2S/c12-9-3-5-16-11(9)10(15)7-13-4-1-2-8(14)6-13/h3,5,8,14H,1-2,4,6-7H2. The number of likely N-dealkylation sites (tertiary alicyclic amines) is 1. The molecule has 2 heterocycles. The maximum atomic E-state index is 12.0. The predicted molar refractivity (Wildman–Crippen MR) is 68.0 cm³/mol. The summed E-state index contributed by atoms with van der Waals surface area (Å²) >= 11 is 4.83. The monoisotopic (exact) mass is 303 g/mol. The number of ketones is 1. The average molecular weight is 304 g/mol. The number of piperidine rings is 1. The Hall–Kier alpha value is -0.230. The fraction of sp³-hybridized carbons (Fsp3) is 0.545. The van der Waals surface area contributed by atoms with E-state index in [1.165, 1.54) is 11.3 Å². The molecule has 0 aliphatic carbocycles. The fourth-order valence-corrected chi connectivity index (χ4v) is 3.47. The number of carbonyl (C=O) groups excluding carboxylic acids is 1. The first kappa shape index (κ1) is 12.2. The summed E-state index contributed by atoms with van der Waals surface area (Å²) in [6.45, 7) is 1.94. The highest BCUT2D eigenvalue weighted by Crippen LogP contribution is 2.23. The molecule has 3 nitrogen and oxygen atoms in total. The second-order valence-electron chi connectivity index (χ2n) is 4.05. The van der Waals surface area contributed by atoms with Crippen LogP contribution in [0.25, 0.3) is 0 Å². The first-order valence-corrected chi connectivity index (χ1v) is 7.00. The van der Waals surface area contributed by atoms with Crippen LogP contribution in [0.5, 0.6) is 0 Å². The van der Waals surface area contributed by atoms with Crippen molar-refractivity contribution in [1.82, 2.24) is 4.90 Å². The molecule has 1 unspecified atom stereocenters. The van der Waals surface area contributed by atoms with Crippen LogP contribution in [0.15, 0.2) is 15.9 Å². The van der Waals surface area contributed by atoms with Gasteiger partial charge in [-0.2, -0.15) is 0 Å². The van der Waals surface area contributed by atoms with Crippen LogP contribution in [0.1, 0.15) is 22.5 Å². The summed E-state index contributed by atoms with van der Waals surface area (Å²) in [6, 6.07) is 1.89. The van der Waals surface area contributed by atoms with E-state index >= 15 is 0 Å². The zero-order valence-corrected chi connectivity index (χ0v) is 11.3. The van der Waals surface area contributed by atoms with Crippen LogP contribution in [0.4, 0.5) is 0 Å². The molecule has 0 radical (unpaired) electrons. The zero-order chi connectivity index (χ0) is 11.5. The van der Waals surface area contributed by atoms with E-state index in [0.29, 0.717) is 13.1 Å². The van der Waals surface area contributed by atoms with Crippen LogP contribution in [-0.2, 0) is 0 Å². The second-order valence-corrected chi connectivity index (χ2v) is 5.82. The van der Waals surface area contributed by atoms with Gasteiger partial charge in [0.05, 0.1) is 17.5 Å². The Kier molecular flexibility index (Phi) is 4.13. The second kappa shape index (κ2) is 5.40. The first-order valence-electron chi connectivity index (χ1n) is 5.33. The van der Waals surface area contributed by atoms with E-state index in [1.807, 2.05) is 16.3 Å². The lowest BCUT2D eigenvalue weighted by Gasteiger charge is -2.29. The Morgan fingerprint density at radius 2 is 2.50 bits per heavy atom. The molecule has 0 saturated carbocycles. The lowest BCUT2D eigenvalue weighted by atomic mass is 10.1. The minimum atomic E-state index is -0.270. The molecule has 1 aromatic rings. The van der Waals surface area contributed by atoms with Gasteiger partial charge in [-0.05, 0) is 46.8 Å². The van der Waals surface area contributed by atoms with Crippen LogP contribution in [0.3, 0.4) is 0 Å². The van der Waals surface area contributed by atoms with Crippen molar-refractivity contribution >= 4 is 33.0 Å². The predicted octanol–water partition coefficient (Wildman–Crippen LogP) is 2.15. The van der Waals surface area contributed by atoms with Gasteiger partial charge in [0.1, 0.15) is 0 Å². The van der Waals surface area contributed by atoms with Crippen molar-refractivity contribution in [3.8, 4) is 0 Å². The van der Waals surface area contributed by atoms with Crippen LogP contribution >= 0.6 is 27.3 Å². The number of carbonyl (C=O) groups is 1. The SMILES string of the molecule is O=C(CN1CCCC(O)C1)c1sccc1Br. The summed E-state index contributed by atoms with van der Waals surface area (Å²) in [5.74, 6) is 0.135. The molecule has 1 aliphatic rings. The summed E-state index contributed by atoms with van der Waals surface area (Å²) in [6.07, 6.45) is 1.56. The number of halogens is 1. The highest BCUT2D eigenvalue weighted by Gasteiger charge is 2.21. The Morgan fingerprint density at radius 1 is 1.69 bits per heavy atom. The lowest BCUT2D eigenvalue weighted by Crippen LogP contribution is -2.41. The van der Waals surface area contributed by atoms with E-state index < -0.39 is 0 Å². The normalized spacial score (nSPS) is 22.2. The summed E-state index contributed by atoms with van der Waals surface area (Å²) in [5.41, 5.74) is 0. The molecule has 0 aromatic carbocycles. The molecule has 5 heteroatoms. The number of thiophene rings is 1. The minimum Gasteiger partial charge on any atom is -0.392 e. The van der Waals surface area contributed by atoms with Crippen LogP contribution in [-0.4, -0.2) is 41.5 Å². The van der Waals surface area contributed by atoms with E-state index in [9.17, 15) is 9.90 Å². The Bertz CT molecular complexity index is 380. The summed E-state index contributed by atoms with van der Waals surface area (Å²) in [7, 11) is 0. The number of Topliss-reactive ketones (excluding diaryl/α,β-unsaturated/α-hetero) is 1. The topological polar surface area (TPSA) is 40.5 Å². The smallest absolute Gasteiger partial charge is 0.187 e. The Balaban J connectivity index is 1.95.